The summed E-state index contributed by atoms with van der Waals surface area (Å²) in [6.45, 7) is 5.56. The third-order valence-electron chi connectivity index (χ3n) is 4.58. The van der Waals surface area contributed by atoms with Gasteiger partial charge in [-0.05, 0) is 42.5 Å². The van der Waals surface area contributed by atoms with E-state index in [1.165, 1.54) is 6.26 Å². The quantitative estimate of drug-likeness (QED) is 0.283. The first-order valence-electron chi connectivity index (χ1n) is 9.53. The van der Waals surface area contributed by atoms with E-state index in [0.29, 0.717) is 23.9 Å². The minimum absolute atomic E-state index is 0. The van der Waals surface area contributed by atoms with Crippen molar-refractivity contribution in [3.8, 4) is 0 Å². The maximum absolute atomic E-state index is 11.8. The normalized spacial score (nSPS) is 11.8. The van der Waals surface area contributed by atoms with E-state index in [4.69, 9.17) is 0 Å². The maximum atomic E-state index is 11.8. The van der Waals surface area contributed by atoms with Gasteiger partial charge in [0.2, 0.25) is 0 Å². The minimum atomic E-state index is -3.21. The lowest BCUT2D eigenvalue weighted by Gasteiger charge is -2.12. The van der Waals surface area contributed by atoms with Crippen LogP contribution in [0.4, 0.5) is 0 Å². The molecule has 160 valence electrons. The van der Waals surface area contributed by atoms with E-state index in [9.17, 15) is 8.42 Å². The molecular weight excluding hydrogens is 511 g/mol. The summed E-state index contributed by atoms with van der Waals surface area (Å²) in [6.07, 6.45) is 3.04. The number of aryl methyl sites for hydroxylation is 1. The van der Waals surface area contributed by atoms with Gasteiger partial charge in [0.15, 0.2) is 15.8 Å². The molecule has 0 saturated heterocycles. The van der Waals surface area contributed by atoms with Crippen LogP contribution in [-0.2, 0) is 22.9 Å². The average molecular weight is 538 g/mol. The number of nitrogens with zero attached hydrogens (tertiary/aromatic N) is 2. The molecule has 0 unspecified atom stereocenters. The summed E-state index contributed by atoms with van der Waals surface area (Å²) < 4.78 is 23.6. The van der Waals surface area contributed by atoms with Crippen LogP contribution in [0.3, 0.4) is 0 Å². The SMILES string of the molecule is CCNC(=NCc1ccc(S(C)(=O)=O)c(C)c1)NCc1nccc2ccccc12.I. The molecule has 30 heavy (non-hydrogen) atoms. The first-order valence-corrected chi connectivity index (χ1v) is 11.4. The van der Waals surface area contributed by atoms with E-state index in [0.717, 1.165) is 34.1 Å². The van der Waals surface area contributed by atoms with Crippen LogP contribution in [0.1, 0.15) is 23.7 Å². The van der Waals surface area contributed by atoms with Crippen molar-refractivity contribution < 1.29 is 8.42 Å². The summed E-state index contributed by atoms with van der Waals surface area (Å²) in [5.41, 5.74) is 2.65. The van der Waals surface area contributed by atoms with Gasteiger partial charge in [0.1, 0.15) is 0 Å². The van der Waals surface area contributed by atoms with Gasteiger partial charge in [-0.1, -0.05) is 36.4 Å². The molecule has 3 rings (SSSR count). The van der Waals surface area contributed by atoms with Crippen molar-refractivity contribution in [1.82, 2.24) is 15.6 Å². The van der Waals surface area contributed by atoms with Crippen molar-refractivity contribution in [2.24, 2.45) is 4.99 Å². The van der Waals surface area contributed by atoms with Crippen LogP contribution in [0.25, 0.3) is 10.8 Å². The second kappa shape index (κ2) is 10.7. The van der Waals surface area contributed by atoms with Gasteiger partial charge in [-0.3, -0.25) is 4.98 Å². The number of nitrogens with one attached hydrogen (secondary N) is 2. The van der Waals surface area contributed by atoms with E-state index in [1.807, 2.05) is 43.5 Å². The molecule has 2 N–H and O–H groups in total. The molecule has 0 fully saturated rings. The molecule has 8 heteroatoms. The van der Waals surface area contributed by atoms with E-state index in [1.54, 1.807) is 13.0 Å². The highest BCUT2D eigenvalue weighted by Crippen LogP contribution is 2.18. The lowest BCUT2D eigenvalue weighted by atomic mass is 10.1. The molecule has 3 aromatic rings. The van der Waals surface area contributed by atoms with E-state index >= 15 is 0 Å². The zero-order valence-corrected chi connectivity index (χ0v) is 20.5. The molecule has 6 nitrogen and oxygen atoms in total. The average Bonchev–Trinajstić information content (AvgIpc) is 2.69. The molecule has 1 aromatic heterocycles. The highest BCUT2D eigenvalue weighted by Gasteiger charge is 2.11. The number of hydrogen-bond donors (Lipinski definition) is 2. The Morgan fingerprint density at radius 2 is 1.87 bits per heavy atom. The fourth-order valence-corrected chi connectivity index (χ4v) is 4.19. The number of guanidine groups is 1. The Balaban J connectivity index is 0.00000320. The predicted octanol–water partition coefficient (Wildman–Crippen LogP) is 3.82. The Morgan fingerprint density at radius 1 is 1.10 bits per heavy atom. The molecule has 1 heterocycles. The summed E-state index contributed by atoms with van der Waals surface area (Å²) >= 11 is 0. The van der Waals surface area contributed by atoms with Crippen molar-refractivity contribution in [2.75, 3.05) is 12.8 Å². The standard InChI is InChI=1S/C22H26N4O2S.HI/c1-4-23-22(25-14-17-9-10-21(16(2)13-17)29(3,27)28)26-15-20-19-8-6-5-7-18(19)11-12-24-20;/h5-13H,4,14-15H2,1-3H3,(H2,23,25,26);1H. The van der Waals surface area contributed by atoms with Crippen molar-refractivity contribution >= 4 is 50.5 Å². The monoisotopic (exact) mass is 538 g/mol. The van der Waals surface area contributed by atoms with Crippen molar-refractivity contribution in [3.05, 3.63) is 71.5 Å². The zero-order valence-electron chi connectivity index (χ0n) is 17.3. The number of sulfone groups is 1. The van der Waals surface area contributed by atoms with Gasteiger partial charge in [0.05, 0.1) is 23.7 Å². The number of aliphatic imine (C=N–C) groups is 1. The van der Waals surface area contributed by atoms with Crippen LogP contribution < -0.4 is 10.6 Å². The Bertz CT molecular complexity index is 1140. The molecule has 0 saturated carbocycles. The number of pyridine rings is 1. The van der Waals surface area contributed by atoms with Crippen molar-refractivity contribution in [2.45, 2.75) is 31.8 Å². The van der Waals surface area contributed by atoms with E-state index in [-0.39, 0.29) is 24.0 Å². The number of aromatic nitrogens is 1. The predicted molar refractivity (Wildman–Crippen MR) is 133 cm³/mol. The van der Waals surface area contributed by atoms with Crippen molar-refractivity contribution in [1.29, 1.82) is 0 Å². The second-order valence-electron chi connectivity index (χ2n) is 6.90. The number of rotatable bonds is 6. The summed E-state index contributed by atoms with van der Waals surface area (Å²) in [5, 5.41) is 8.84. The fourth-order valence-electron chi connectivity index (χ4n) is 3.23. The van der Waals surface area contributed by atoms with Crippen LogP contribution >= 0.6 is 24.0 Å². The van der Waals surface area contributed by atoms with Gasteiger partial charge in [-0.2, -0.15) is 0 Å². The first-order chi connectivity index (χ1) is 13.9. The molecule has 0 aliphatic carbocycles. The lowest BCUT2D eigenvalue weighted by Crippen LogP contribution is -2.37. The summed E-state index contributed by atoms with van der Waals surface area (Å²) in [4.78, 5) is 9.49. The Kier molecular flexibility index (Phi) is 8.60. The summed E-state index contributed by atoms with van der Waals surface area (Å²) in [6, 6.07) is 15.5. The number of fused-ring (bicyclic) bond motifs is 1. The number of hydrogen-bond acceptors (Lipinski definition) is 4. The van der Waals surface area contributed by atoms with Crippen molar-refractivity contribution in [3.63, 3.8) is 0 Å². The molecule has 0 amide bonds. The molecule has 2 aromatic carbocycles. The van der Waals surface area contributed by atoms with Gasteiger partial charge in [0, 0.05) is 24.4 Å². The van der Waals surface area contributed by atoms with Crippen LogP contribution in [0, 0.1) is 6.92 Å². The number of halogens is 1. The smallest absolute Gasteiger partial charge is 0.191 e. The molecule has 0 atom stereocenters. The summed E-state index contributed by atoms with van der Waals surface area (Å²) in [5.74, 6) is 0.687. The van der Waals surface area contributed by atoms with Crippen LogP contribution in [0.2, 0.25) is 0 Å². The molecule has 0 bridgehead atoms. The lowest BCUT2D eigenvalue weighted by molar-refractivity contribution is 0.601. The van der Waals surface area contributed by atoms with Gasteiger partial charge in [-0.15, -0.1) is 24.0 Å². The molecule has 0 radical (unpaired) electrons. The number of benzene rings is 2. The summed E-state index contributed by atoms with van der Waals surface area (Å²) in [7, 11) is -3.21. The second-order valence-corrected chi connectivity index (χ2v) is 8.88. The van der Waals surface area contributed by atoms with E-state index < -0.39 is 9.84 Å². The third kappa shape index (κ3) is 6.15. The maximum Gasteiger partial charge on any atom is 0.191 e. The van der Waals surface area contributed by atoms with Gasteiger partial charge >= 0.3 is 0 Å². The van der Waals surface area contributed by atoms with Crippen LogP contribution in [0.15, 0.2) is 64.6 Å². The fraction of sp³-hybridized carbons (Fsp3) is 0.273. The van der Waals surface area contributed by atoms with E-state index in [2.05, 4.69) is 32.7 Å². The Morgan fingerprint density at radius 3 is 2.57 bits per heavy atom. The first kappa shape index (κ1) is 24.1. The van der Waals surface area contributed by atoms with Gasteiger partial charge < -0.3 is 10.6 Å². The van der Waals surface area contributed by atoms with Crippen LogP contribution in [-0.4, -0.2) is 32.2 Å². The van der Waals surface area contributed by atoms with Gasteiger partial charge in [0.25, 0.3) is 0 Å². The third-order valence-corrected chi connectivity index (χ3v) is 5.84. The Hall–Kier alpha value is -2.20. The topological polar surface area (TPSA) is 83.5 Å². The minimum Gasteiger partial charge on any atom is -0.357 e. The largest absolute Gasteiger partial charge is 0.357 e. The Labute approximate surface area is 195 Å². The highest BCUT2D eigenvalue weighted by atomic mass is 127. The van der Waals surface area contributed by atoms with Gasteiger partial charge in [-0.25, -0.2) is 13.4 Å². The molecule has 0 spiro atoms. The highest BCUT2D eigenvalue weighted by molar-refractivity contribution is 14.0. The zero-order chi connectivity index (χ0) is 20.9. The molecular formula is C22H27IN4O2S. The molecule has 0 aliphatic heterocycles. The van der Waals surface area contributed by atoms with Crippen LogP contribution in [0.5, 0.6) is 0 Å². The molecule has 0 aliphatic rings.